The van der Waals surface area contributed by atoms with E-state index in [0.29, 0.717) is 28.3 Å². The number of hydrogen-bond acceptors (Lipinski definition) is 2. The summed E-state index contributed by atoms with van der Waals surface area (Å²) in [6, 6.07) is 0. The SMILES string of the molecule is CC1(C)OC2C3CC(C2O1)C1C3C2(Cl)CC1(Cl)C(Cl)=C2Cl. The Kier molecular flexibility index (Phi) is 2.52. The van der Waals surface area contributed by atoms with Crippen LogP contribution in [0, 0.1) is 23.7 Å². The average Bonchev–Trinajstić information content (AvgIpc) is 3.07. The molecule has 8 unspecified atom stereocenters. The Morgan fingerprint density at radius 3 is 1.76 bits per heavy atom. The van der Waals surface area contributed by atoms with Crippen LogP contribution in [0.2, 0.25) is 0 Å². The molecular weight excluding hydrogens is 354 g/mol. The van der Waals surface area contributed by atoms with Gasteiger partial charge >= 0.3 is 0 Å². The third-order valence-electron chi connectivity index (χ3n) is 6.36. The van der Waals surface area contributed by atoms with Gasteiger partial charge in [0.1, 0.15) is 0 Å². The molecule has 0 aromatic heterocycles. The number of allylic oxidation sites excluding steroid dienone is 2. The van der Waals surface area contributed by atoms with Crippen molar-refractivity contribution >= 4 is 46.4 Å². The van der Waals surface area contributed by atoms with Crippen molar-refractivity contribution in [3.63, 3.8) is 0 Å². The number of fused-ring (bicyclic) bond motifs is 12. The summed E-state index contributed by atoms with van der Waals surface area (Å²) in [5, 5.41) is 1.12. The van der Waals surface area contributed by atoms with E-state index in [2.05, 4.69) is 0 Å². The Labute approximate surface area is 144 Å². The first-order valence-electron chi connectivity index (χ1n) is 7.49. The molecule has 4 aliphatic carbocycles. The smallest absolute Gasteiger partial charge is 0.163 e. The molecule has 5 aliphatic rings. The summed E-state index contributed by atoms with van der Waals surface area (Å²) in [6.45, 7) is 3.95. The monoisotopic (exact) mass is 368 g/mol. The van der Waals surface area contributed by atoms with Crippen LogP contribution in [-0.4, -0.2) is 27.7 Å². The Hall–Kier alpha value is 0.820. The average molecular weight is 370 g/mol. The molecule has 4 fully saturated rings. The van der Waals surface area contributed by atoms with Crippen molar-refractivity contribution in [3.8, 4) is 0 Å². The van der Waals surface area contributed by atoms with E-state index in [0.717, 1.165) is 6.42 Å². The van der Waals surface area contributed by atoms with Gasteiger partial charge in [0.15, 0.2) is 5.79 Å². The quantitative estimate of drug-likeness (QED) is 0.464. The fraction of sp³-hybridized carbons (Fsp3) is 0.867. The molecule has 0 amide bonds. The molecule has 0 aromatic rings. The van der Waals surface area contributed by atoms with Crippen molar-refractivity contribution in [1.29, 1.82) is 0 Å². The zero-order valence-electron chi connectivity index (χ0n) is 11.7. The summed E-state index contributed by atoms with van der Waals surface area (Å²) in [5.74, 6) is 0.696. The van der Waals surface area contributed by atoms with Gasteiger partial charge in [-0.05, 0) is 50.4 Å². The first-order chi connectivity index (χ1) is 9.69. The highest BCUT2D eigenvalue weighted by molar-refractivity contribution is 6.51. The van der Waals surface area contributed by atoms with Gasteiger partial charge in [-0.15, -0.1) is 23.2 Å². The Morgan fingerprint density at radius 2 is 1.33 bits per heavy atom. The second-order valence-corrected chi connectivity index (χ2v) is 9.81. The maximum atomic E-state index is 6.93. The number of alkyl halides is 2. The van der Waals surface area contributed by atoms with E-state index in [1.165, 1.54) is 0 Å². The van der Waals surface area contributed by atoms with Crippen LogP contribution in [0.5, 0.6) is 0 Å². The summed E-state index contributed by atoms with van der Waals surface area (Å²) in [4.78, 5) is -1.21. The van der Waals surface area contributed by atoms with Crippen LogP contribution in [-0.2, 0) is 9.47 Å². The molecule has 4 bridgehead atoms. The lowest BCUT2D eigenvalue weighted by molar-refractivity contribution is -0.158. The molecule has 0 spiro atoms. The van der Waals surface area contributed by atoms with Crippen molar-refractivity contribution in [2.45, 2.75) is 54.4 Å². The van der Waals surface area contributed by atoms with Gasteiger partial charge in [-0.1, -0.05) is 23.2 Å². The topological polar surface area (TPSA) is 18.5 Å². The minimum absolute atomic E-state index is 0.115. The van der Waals surface area contributed by atoms with E-state index < -0.39 is 15.5 Å². The molecule has 0 N–H and O–H groups in total. The zero-order valence-corrected chi connectivity index (χ0v) is 14.7. The largest absolute Gasteiger partial charge is 0.344 e. The third kappa shape index (κ3) is 1.39. The van der Waals surface area contributed by atoms with Crippen molar-refractivity contribution in [3.05, 3.63) is 10.1 Å². The minimum Gasteiger partial charge on any atom is -0.344 e. The maximum absolute atomic E-state index is 6.93. The third-order valence-corrected chi connectivity index (χ3v) is 8.85. The first-order valence-corrected chi connectivity index (χ1v) is 9.00. The van der Waals surface area contributed by atoms with Crippen LogP contribution in [0.15, 0.2) is 10.1 Å². The number of halogens is 4. The molecule has 5 rings (SSSR count). The standard InChI is InChI=1S/C15H16Cl4O2/c1-13(2)20-9-5-3-6(10(9)21-13)8-7(5)14(18)4-15(8,19)12(17)11(14)16/h5-10H,3-4H2,1-2H3. The van der Waals surface area contributed by atoms with Crippen LogP contribution in [0.3, 0.4) is 0 Å². The number of hydrogen-bond donors (Lipinski definition) is 0. The van der Waals surface area contributed by atoms with Crippen molar-refractivity contribution in [2.24, 2.45) is 23.7 Å². The molecule has 2 nitrogen and oxygen atoms in total. The normalized spacial score (nSPS) is 62.6. The summed E-state index contributed by atoms with van der Waals surface area (Å²) in [7, 11) is 0. The molecule has 3 saturated carbocycles. The molecule has 6 heteroatoms. The van der Waals surface area contributed by atoms with Crippen molar-refractivity contribution in [2.75, 3.05) is 0 Å². The van der Waals surface area contributed by atoms with Crippen LogP contribution < -0.4 is 0 Å². The van der Waals surface area contributed by atoms with Gasteiger partial charge in [-0.2, -0.15) is 0 Å². The van der Waals surface area contributed by atoms with Crippen LogP contribution in [0.25, 0.3) is 0 Å². The summed E-state index contributed by atoms with van der Waals surface area (Å²) < 4.78 is 12.3. The first kappa shape index (κ1) is 14.2. The molecule has 116 valence electrons. The summed E-state index contributed by atoms with van der Waals surface area (Å²) >= 11 is 26.8. The Balaban J connectivity index is 1.63. The van der Waals surface area contributed by atoms with Gasteiger partial charge in [0, 0.05) is 0 Å². The Bertz CT molecular complexity index is 544. The van der Waals surface area contributed by atoms with Crippen molar-refractivity contribution in [1.82, 2.24) is 0 Å². The zero-order chi connectivity index (χ0) is 14.9. The van der Waals surface area contributed by atoms with E-state index >= 15 is 0 Å². The summed E-state index contributed by atoms with van der Waals surface area (Å²) in [5.41, 5.74) is 0. The molecule has 1 saturated heterocycles. The lowest BCUT2D eigenvalue weighted by Crippen LogP contribution is -2.49. The predicted octanol–water partition coefficient (Wildman–Crippen LogP) is 4.45. The second-order valence-electron chi connectivity index (χ2n) is 7.71. The predicted molar refractivity (Wildman–Crippen MR) is 82.9 cm³/mol. The van der Waals surface area contributed by atoms with Gasteiger partial charge < -0.3 is 9.47 Å². The minimum atomic E-state index is -0.606. The molecule has 1 heterocycles. The van der Waals surface area contributed by atoms with Crippen LogP contribution >= 0.6 is 46.4 Å². The highest BCUT2D eigenvalue weighted by Gasteiger charge is 2.79. The lowest BCUT2D eigenvalue weighted by Gasteiger charge is -2.43. The van der Waals surface area contributed by atoms with E-state index in [9.17, 15) is 0 Å². The molecule has 0 radical (unpaired) electrons. The van der Waals surface area contributed by atoms with E-state index in [4.69, 9.17) is 55.9 Å². The highest BCUT2D eigenvalue weighted by Crippen LogP contribution is 2.77. The van der Waals surface area contributed by atoms with Crippen molar-refractivity contribution < 1.29 is 9.47 Å². The molecule has 8 atom stereocenters. The summed E-state index contributed by atoms with van der Waals surface area (Å²) in [6.07, 6.45) is 1.92. The fourth-order valence-electron chi connectivity index (χ4n) is 5.97. The van der Waals surface area contributed by atoms with Gasteiger partial charge in [0.05, 0.1) is 32.0 Å². The van der Waals surface area contributed by atoms with Gasteiger partial charge in [0.2, 0.25) is 0 Å². The lowest BCUT2D eigenvalue weighted by atomic mass is 9.70. The number of rotatable bonds is 0. The maximum Gasteiger partial charge on any atom is 0.163 e. The van der Waals surface area contributed by atoms with E-state index in [1.54, 1.807) is 0 Å². The second kappa shape index (κ2) is 3.73. The molecule has 0 aromatic carbocycles. The van der Waals surface area contributed by atoms with Crippen LogP contribution in [0.1, 0.15) is 26.7 Å². The Morgan fingerprint density at radius 1 is 0.905 bits per heavy atom. The van der Waals surface area contributed by atoms with E-state index in [1.807, 2.05) is 13.8 Å². The van der Waals surface area contributed by atoms with Gasteiger partial charge in [-0.3, -0.25) is 0 Å². The molecule has 21 heavy (non-hydrogen) atoms. The van der Waals surface area contributed by atoms with Gasteiger partial charge in [0.25, 0.3) is 0 Å². The number of ether oxygens (including phenoxy) is 2. The van der Waals surface area contributed by atoms with Crippen LogP contribution in [0.4, 0.5) is 0 Å². The van der Waals surface area contributed by atoms with E-state index in [-0.39, 0.29) is 24.0 Å². The van der Waals surface area contributed by atoms with Gasteiger partial charge in [-0.25, -0.2) is 0 Å². The highest BCUT2D eigenvalue weighted by atomic mass is 35.5. The molecular formula is C15H16Cl4O2. The fourth-order valence-corrected chi connectivity index (χ4v) is 8.06. The molecule has 1 aliphatic heterocycles.